The molecule has 2 amide bonds. The van der Waals surface area contributed by atoms with E-state index in [1.165, 1.54) is 7.11 Å². The third-order valence-electron chi connectivity index (χ3n) is 6.27. The molecule has 3 rings (SSSR count). The van der Waals surface area contributed by atoms with Crippen LogP contribution in [0.25, 0.3) is 11.1 Å². The number of amides is 2. The van der Waals surface area contributed by atoms with Gasteiger partial charge in [0.15, 0.2) is 0 Å². The highest BCUT2D eigenvalue weighted by atomic mass is 16.5. The highest BCUT2D eigenvalue weighted by molar-refractivity contribution is 5.79. The van der Waals surface area contributed by atoms with Gasteiger partial charge in [0.25, 0.3) is 0 Å². The van der Waals surface area contributed by atoms with E-state index < -0.39 is 0 Å². The van der Waals surface area contributed by atoms with Crippen LogP contribution in [0.2, 0.25) is 0 Å². The molecule has 0 bridgehead atoms. The molecule has 0 radical (unpaired) electrons. The number of benzene rings is 3. The Labute approximate surface area is 214 Å². The number of ether oxygens (including phenoxy) is 2. The molecule has 0 aliphatic carbocycles. The van der Waals surface area contributed by atoms with Crippen molar-refractivity contribution >= 4 is 12.0 Å². The molecule has 0 aromatic heterocycles. The Morgan fingerprint density at radius 3 is 2.11 bits per heavy atom. The summed E-state index contributed by atoms with van der Waals surface area (Å²) in [4.78, 5) is 29.2. The molecule has 0 aliphatic heterocycles. The Morgan fingerprint density at radius 2 is 1.47 bits per heavy atom. The normalized spacial score (nSPS) is 10.6. The van der Waals surface area contributed by atoms with Crippen LogP contribution in [0.1, 0.15) is 36.1 Å². The van der Waals surface area contributed by atoms with Gasteiger partial charge < -0.3 is 19.3 Å². The van der Waals surface area contributed by atoms with Crippen LogP contribution in [-0.2, 0) is 29.0 Å². The van der Waals surface area contributed by atoms with E-state index in [1.807, 2.05) is 79.1 Å². The highest BCUT2D eigenvalue weighted by Crippen LogP contribution is 2.35. The third kappa shape index (κ3) is 6.66. The first kappa shape index (κ1) is 26.8. The maximum absolute atomic E-state index is 13.6. The summed E-state index contributed by atoms with van der Waals surface area (Å²) in [5.41, 5.74) is 5.93. The zero-order valence-electron chi connectivity index (χ0n) is 21.9. The molecule has 6 nitrogen and oxygen atoms in total. The van der Waals surface area contributed by atoms with Crippen LogP contribution in [0, 0.1) is 6.92 Å². The van der Waals surface area contributed by atoms with E-state index in [2.05, 4.69) is 18.2 Å². The molecule has 3 aromatic rings. The topological polar surface area (TPSA) is 59.1 Å². The Bertz CT molecular complexity index is 1180. The molecule has 3 aromatic carbocycles. The molecule has 0 saturated heterocycles. The Balaban J connectivity index is 1.94. The molecule has 0 aliphatic rings. The summed E-state index contributed by atoms with van der Waals surface area (Å²) in [6.07, 6.45) is 0.180. The minimum Gasteiger partial charge on any atom is -0.496 e. The van der Waals surface area contributed by atoms with Crippen molar-refractivity contribution in [3.63, 3.8) is 0 Å². The van der Waals surface area contributed by atoms with Gasteiger partial charge in [0.2, 0.25) is 0 Å². The van der Waals surface area contributed by atoms with Crippen LogP contribution in [0.15, 0.2) is 66.7 Å². The largest absolute Gasteiger partial charge is 0.496 e. The molecule has 6 heteroatoms. The smallest absolute Gasteiger partial charge is 0.320 e. The van der Waals surface area contributed by atoms with Gasteiger partial charge in [-0.3, -0.25) is 4.79 Å². The van der Waals surface area contributed by atoms with E-state index in [-0.39, 0.29) is 18.4 Å². The van der Waals surface area contributed by atoms with Crippen LogP contribution in [0.3, 0.4) is 0 Å². The number of carbonyl (C=O) groups is 2. The number of hydrogen-bond donors (Lipinski definition) is 0. The van der Waals surface area contributed by atoms with Gasteiger partial charge in [-0.1, -0.05) is 60.2 Å². The van der Waals surface area contributed by atoms with Crippen LogP contribution < -0.4 is 4.74 Å². The van der Waals surface area contributed by atoms with Crippen molar-refractivity contribution in [3.8, 4) is 16.9 Å². The van der Waals surface area contributed by atoms with E-state index in [4.69, 9.17) is 9.47 Å². The standard InChI is InChI=1S/C30H36N2O4/c1-6-31(20-23-11-9-8-10-12-23)30(34)32(7-2)21-25-17-22(3)13-15-26(25)27-18-24(19-29(33)36-5)14-16-28(27)35-4/h8-18H,6-7,19-21H2,1-5H3. The van der Waals surface area contributed by atoms with E-state index in [9.17, 15) is 9.59 Å². The van der Waals surface area contributed by atoms with E-state index in [1.54, 1.807) is 7.11 Å². The average Bonchev–Trinajstić information content (AvgIpc) is 2.90. The average molecular weight is 489 g/mol. The lowest BCUT2D eigenvalue weighted by molar-refractivity contribution is -0.139. The van der Waals surface area contributed by atoms with Crippen molar-refractivity contribution in [2.45, 2.75) is 40.3 Å². The Morgan fingerprint density at radius 1 is 0.778 bits per heavy atom. The van der Waals surface area contributed by atoms with Gasteiger partial charge in [0.05, 0.1) is 20.6 Å². The molecule has 0 N–H and O–H groups in total. The number of carbonyl (C=O) groups excluding carboxylic acids is 2. The summed E-state index contributed by atoms with van der Waals surface area (Å²) in [5, 5.41) is 0. The molecular weight excluding hydrogens is 452 g/mol. The molecule has 0 spiro atoms. The minimum atomic E-state index is -0.295. The van der Waals surface area contributed by atoms with Crippen LogP contribution in [0.5, 0.6) is 5.75 Å². The van der Waals surface area contributed by atoms with Crippen molar-refractivity contribution in [1.29, 1.82) is 0 Å². The number of hydrogen-bond acceptors (Lipinski definition) is 4. The minimum absolute atomic E-state index is 0.00251. The maximum Gasteiger partial charge on any atom is 0.320 e. The fraction of sp³-hybridized carbons (Fsp3) is 0.333. The second-order valence-electron chi connectivity index (χ2n) is 8.74. The first-order chi connectivity index (χ1) is 17.4. The van der Waals surface area contributed by atoms with E-state index in [0.717, 1.165) is 33.4 Å². The second kappa shape index (κ2) is 12.8. The van der Waals surface area contributed by atoms with Crippen molar-refractivity contribution in [2.75, 3.05) is 27.3 Å². The number of methoxy groups -OCH3 is 2. The summed E-state index contributed by atoms with van der Waals surface area (Å²) >= 11 is 0. The number of rotatable bonds is 10. The molecule has 0 unspecified atom stereocenters. The fourth-order valence-electron chi connectivity index (χ4n) is 4.27. The monoisotopic (exact) mass is 488 g/mol. The molecular formula is C30H36N2O4. The predicted octanol–water partition coefficient (Wildman–Crippen LogP) is 5.85. The van der Waals surface area contributed by atoms with E-state index >= 15 is 0 Å². The van der Waals surface area contributed by atoms with Gasteiger partial charge in [0, 0.05) is 31.7 Å². The number of esters is 1. The molecule has 0 atom stereocenters. The van der Waals surface area contributed by atoms with Crippen molar-refractivity contribution in [2.24, 2.45) is 0 Å². The number of urea groups is 1. The van der Waals surface area contributed by atoms with Crippen LogP contribution in [0.4, 0.5) is 4.79 Å². The highest BCUT2D eigenvalue weighted by Gasteiger charge is 2.21. The summed E-state index contributed by atoms with van der Waals surface area (Å²) in [5.74, 6) is 0.415. The van der Waals surface area contributed by atoms with Crippen LogP contribution >= 0.6 is 0 Å². The van der Waals surface area contributed by atoms with Crippen molar-refractivity contribution < 1.29 is 19.1 Å². The SMILES string of the molecule is CCN(Cc1ccccc1)C(=O)N(CC)Cc1cc(C)ccc1-c1cc(CC(=O)OC)ccc1OC. The van der Waals surface area contributed by atoms with Crippen LogP contribution in [-0.4, -0.2) is 49.1 Å². The fourth-order valence-corrected chi connectivity index (χ4v) is 4.27. The van der Waals surface area contributed by atoms with E-state index in [0.29, 0.717) is 31.9 Å². The molecule has 36 heavy (non-hydrogen) atoms. The lowest BCUT2D eigenvalue weighted by atomic mass is 9.94. The summed E-state index contributed by atoms with van der Waals surface area (Å²) in [6, 6.07) is 22.0. The first-order valence-electron chi connectivity index (χ1n) is 12.3. The maximum atomic E-state index is 13.6. The Kier molecular flexibility index (Phi) is 9.51. The number of aryl methyl sites for hydroxylation is 1. The molecule has 0 saturated carbocycles. The summed E-state index contributed by atoms with van der Waals surface area (Å²) in [6.45, 7) is 8.28. The zero-order valence-corrected chi connectivity index (χ0v) is 21.9. The molecule has 190 valence electrons. The third-order valence-corrected chi connectivity index (χ3v) is 6.27. The van der Waals surface area contributed by atoms with Gasteiger partial charge in [0.1, 0.15) is 5.75 Å². The molecule has 0 fully saturated rings. The van der Waals surface area contributed by atoms with Crippen molar-refractivity contribution in [1.82, 2.24) is 9.80 Å². The zero-order chi connectivity index (χ0) is 26.1. The van der Waals surface area contributed by atoms with Gasteiger partial charge >= 0.3 is 12.0 Å². The predicted molar refractivity (Wildman–Crippen MR) is 143 cm³/mol. The van der Waals surface area contributed by atoms with Gasteiger partial charge in [-0.15, -0.1) is 0 Å². The number of nitrogens with zero attached hydrogens (tertiary/aromatic N) is 2. The van der Waals surface area contributed by atoms with Crippen molar-refractivity contribution in [3.05, 3.63) is 89.0 Å². The quantitative estimate of drug-likeness (QED) is 0.336. The Hall–Kier alpha value is -3.80. The lowest BCUT2D eigenvalue weighted by Crippen LogP contribution is -2.42. The van der Waals surface area contributed by atoms with Gasteiger partial charge in [-0.25, -0.2) is 4.79 Å². The second-order valence-corrected chi connectivity index (χ2v) is 8.74. The van der Waals surface area contributed by atoms with Gasteiger partial charge in [-0.2, -0.15) is 0 Å². The van der Waals surface area contributed by atoms with Gasteiger partial charge in [-0.05, 0) is 55.2 Å². The first-order valence-corrected chi connectivity index (χ1v) is 12.3. The summed E-state index contributed by atoms with van der Waals surface area (Å²) < 4.78 is 10.5. The molecule has 0 heterocycles. The lowest BCUT2D eigenvalue weighted by Gasteiger charge is -2.30. The summed E-state index contributed by atoms with van der Waals surface area (Å²) in [7, 11) is 3.02.